The Morgan fingerprint density at radius 1 is 1.37 bits per heavy atom. The van der Waals surface area contributed by atoms with Gasteiger partial charge in [0.15, 0.2) is 0 Å². The average molecular weight is 274 g/mol. The Morgan fingerprint density at radius 3 is 2.58 bits per heavy atom. The zero-order chi connectivity index (χ0) is 14.1. The van der Waals surface area contributed by atoms with Crippen LogP contribution in [-0.4, -0.2) is 24.5 Å². The van der Waals surface area contributed by atoms with Crippen molar-refractivity contribution in [2.24, 2.45) is 0 Å². The van der Waals surface area contributed by atoms with Gasteiger partial charge in [-0.05, 0) is 5.56 Å². The predicted octanol–water partition coefficient (Wildman–Crippen LogP) is 3.01. The first-order valence-corrected chi connectivity index (χ1v) is 5.78. The Bertz CT molecular complexity index is 458. The van der Waals surface area contributed by atoms with Crippen molar-refractivity contribution < 1.29 is 27.4 Å². The molecular formula is C13H13F3O3. The normalized spacial score (nSPS) is 27.4. The van der Waals surface area contributed by atoms with E-state index in [1.807, 2.05) is 0 Å². The highest BCUT2D eigenvalue weighted by Gasteiger charge is 2.49. The van der Waals surface area contributed by atoms with E-state index in [2.05, 4.69) is 0 Å². The molecule has 3 nitrogen and oxygen atoms in total. The minimum Gasteiger partial charge on any atom is -0.433 e. The summed E-state index contributed by atoms with van der Waals surface area (Å²) in [5.41, 5.74) is 0.720. The number of esters is 1. The molecular weight excluding hydrogens is 261 g/mol. The van der Waals surface area contributed by atoms with Crippen molar-refractivity contribution in [2.45, 2.75) is 31.2 Å². The number of halogens is 3. The summed E-state index contributed by atoms with van der Waals surface area (Å²) >= 11 is 0. The monoisotopic (exact) mass is 274 g/mol. The van der Waals surface area contributed by atoms with Crippen LogP contribution >= 0.6 is 0 Å². The highest BCUT2D eigenvalue weighted by molar-refractivity contribution is 5.74. The zero-order valence-corrected chi connectivity index (χ0v) is 10.2. The van der Waals surface area contributed by atoms with Gasteiger partial charge in [-0.2, -0.15) is 13.2 Å². The molecule has 0 amide bonds. The number of carbonyl (C=O) groups excluding carboxylic acids is 1. The molecule has 0 bridgehead atoms. The third kappa shape index (κ3) is 3.26. The van der Waals surface area contributed by atoms with Gasteiger partial charge >= 0.3 is 12.1 Å². The van der Waals surface area contributed by atoms with E-state index in [0.717, 1.165) is 5.56 Å². The van der Waals surface area contributed by atoms with E-state index in [0.29, 0.717) is 0 Å². The number of hydrogen-bond donors (Lipinski definition) is 0. The summed E-state index contributed by atoms with van der Waals surface area (Å²) in [7, 11) is 0. The van der Waals surface area contributed by atoms with Gasteiger partial charge in [-0.15, -0.1) is 0 Å². The van der Waals surface area contributed by atoms with E-state index in [1.54, 1.807) is 30.3 Å². The van der Waals surface area contributed by atoms with Gasteiger partial charge in [-0.1, -0.05) is 30.3 Å². The van der Waals surface area contributed by atoms with Gasteiger partial charge in [-0.25, -0.2) is 0 Å². The molecule has 1 aromatic carbocycles. The van der Waals surface area contributed by atoms with E-state index in [4.69, 9.17) is 9.47 Å². The molecule has 0 spiro atoms. The van der Waals surface area contributed by atoms with E-state index in [1.165, 1.54) is 6.92 Å². The second kappa shape index (κ2) is 4.85. The highest BCUT2D eigenvalue weighted by atomic mass is 19.4. The van der Waals surface area contributed by atoms with Crippen LogP contribution in [0.1, 0.15) is 24.8 Å². The fraction of sp³-hybridized carbons (Fsp3) is 0.462. The lowest BCUT2D eigenvalue weighted by Gasteiger charge is -2.30. The number of alkyl halides is 3. The molecule has 0 aromatic heterocycles. The van der Waals surface area contributed by atoms with Gasteiger partial charge in [0.1, 0.15) is 6.61 Å². The van der Waals surface area contributed by atoms with Crippen molar-refractivity contribution in [2.75, 3.05) is 6.61 Å². The minimum absolute atomic E-state index is 0.0123. The maximum Gasteiger partial charge on any atom is 0.411 e. The number of carbonyl (C=O) groups is 1. The number of ether oxygens (including phenoxy) is 2. The zero-order valence-electron chi connectivity index (χ0n) is 10.2. The van der Waals surface area contributed by atoms with Crippen LogP contribution in [0, 0.1) is 0 Å². The molecule has 2 rings (SSSR count). The van der Waals surface area contributed by atoms with Crippen LogP contribution in [0.2, 0.25) is 0 Å². The van der Waals surface area contributed by atoms with Gasteiger partial charge in [0.05, 0.1) is 12.3 Å². The molecule has 19 heavy (non-hydrogen) atoms. The van der Waals surface area contributed by atoms with E-state index >= 15 is 0 Å². The first kappa shape index (κ1) is 13.9. The highest BCUT2D eigenvalue weighted by Crippen LogP contribution is 2.42. The standard InChI is InChI=1S/C13H13F3O3/c1-12(18-8-13(14,15)16)10(7-11(17)19-12)9-5-3-2-4-6-9/h2-6,10H,7-8H2,1H3/t10-,12+/m0/s1. The van der Waals surface area contributed by atoms with E-state index in [9.17, 15) is 18.0 Å². The first-order chi connectivity index (χ1) is 8.80. The molecule has 1 aliphatic heterocycles. The lowest BCUT2D eigenvalue weighted by molar-refractivity contribution is -0.261. The molecule has 1 heterocycles. The number of hydrogen-bond acceptors (Lipinski definition) is 3. The van der Waals surface area contributed by atoms with Crippen LogP contribution in [0.4, 0.5) is 13.2 Å². The quantitative estimate of drug-likeness (QED) is 0.795. The molecule has 0 N–H and O–H groups in total. The smallest absolute Gasteiger partial charge is 0.411 e. The third-order valence-electron chi connectivity index (χ3n) is 3.04. The van der Waals surface area contributed by atoms with E-state index in [-0.39, 0.29) is 6.42 Å². The first-order valence-electron chi connectivity index (χ1n) is 5.78. The maximum atomic E-state index is 12.2. The second-order valence-electron chi connectivity index (χ2n) is 4.56. The summed E-state index contributed by atoms with van der Waals surface area (Å²) in [6.45, 7) is -0.0819. The molecule has 1 saturated heterocycles. The summed E-state index contributed by atoms with van der Waals surface area (Å²) in [6, 6.07) is 8.77. The fourth-order valence-corrected chi connectivity index (χ4v) is 2.15. The second-order valence-corrected chi connectivity index (χ2v) is 4.56. The average Bonchev–Trinajstić information content (AvgIpc) is 2.63. The molecule has 104 valence electrons. The van der Waals surface area contributed by atoms with Crippen LogP contribution in [0.25, 0.3) is 0 Å². The summed E-state index contributed by atoms with van der Waals surface area (Å²) in [5.74, 6) is -2.67. The maximum absolute atomic E-state index is 12.2. The minimum atomic E-state index is -4.46. The SMILES string of the molecule is C[C@@]1(OCC(F)(F)F)OC(=O)C[C@H]1c1ccccc1. The Kier molecular flexibility index (Phi) is 3.54. The number of benzene rings is 1. The van der Waals surface area contributed by atoms with Gasteiger partial charge < -0.3 is 9.47 Å². The van der Waals surface area contributed by atoms with Crippen LogP contribution in [0.15, 0.2) is 30.3 Å². The fourth-order valence-electron chi connectivity index (χ4n) is 2.15. The topological polar surface area (TPSA) is 35.5 Å². The Hall–Kier alpha value is -1.56. The summed E-state index contributed by atoms with van der Waals surface area (Å²) in [6.07, 6.45) is -4.45. The van der Waals surface area contributed by atoms with Crippen molar-refractivity contribution in [3.63, 3.8) is 0 Å². The third-order valence-corrected chi connectivity index (χ3v) is 3.04. The van der Waals surface area contributed by atoms with Gasteiger partial charge in [-0.3, -0.25) is 4.79 Å². The van der Waals surface area contributed by atoms with Crippen molar-refractivity contribution in [3.8, 4) is 0 Å². The Balaban J connectivity index is 2.19. The van der Waals surface area contributed by atoms with Crippen LogP contribution in [0.5, 0.6) is 0 Å². The largest absolute Gasteiger partial charge is 0.433 e. The number of cyclic esters (lactones) is 1. The van der Waals surface area contributed by atoms with Gasteiger partial charge in [0, 0.05) is 6.92 Å². The summed E-state index contributed by atoms with van der Waals surface area (Å²) < 4.78 is 46.5. The van der Waals surface area contributed by atoms with Crippen LogP contribution in [-0.2, 0) is 14.3 Å². The summed E-state index contributed by atoms with van der Waals surface area (Å²) in [4.78, 5) is 11.4. The predicted molar refractivity (Wildman–Crippen MR) is 60.3 cm³/mol. The molecule has 0 radical (unpaired) electrons. The molecule has 1 aliphatic rings. The summed E-state index contributed by atoms with van der Waals surface area (Å²) in [5, 5.41) is 0. The van der Waals surface area contributed by atoms with E-state index < -0.39 is 30.5 Å². The molecule has 6 heteroatoms. The molecule has 0 aliphatic carbocycles. The molecule has 1 aromatic rings. The lowest BCUT2D eigenvalue weighted by Crippen LogP contribution is -2.37. The Labute approximate surface area is 108 Å². The van der Waals surface area contributed by atoms with Crippen molar-refractivity contribution >= 4 is 5.97 Å². The Morgan fingerprint density at radius 2 is 2.00 bits per heavy atom. The van der Waals surface area contributed by atoms with Gasteiger partial charge in [0.2, 0.25) is 5.79 Å². The van der Waals surface area contributed by atoms with Gasteiger partial charge in [0.25, 0.3) is 0 Å². The van der Waals surface area contributed by atoms with Crippen LogP contribution < -0.4 is 0 Å². The lowest BCUT2D eigenvalue weighted by atomic mass is 9.90. The molecule has 1 fully saturated rings. The molecule has 0 unspecified atom stereocenters. The van der Waals surface area contributed by atoms with Crippen molar-refractivity contribution in [1.82, 2.24) is 0 Å². The number of rotatable bonds is 3. The molecule has 2 atom stereocenters. The molecule has 0 saturated carbocycles. The van der Waals surface area contributed by atoms with Crippen molar-refractivity contribution in [3.05, 3.63) is 35.9 Å². The van der Waals surface area contributed by atoms with Crippen molar-refractivity contribution in [1.29, 1.82) is 0 Å². The van der Waals surface area contributed by atoms with Crippen LogP contribution in [0.3, 0.4) is 0 Å².